The van der Waals surface area contributed by atoms with E-state index in [1.807, 2.05) is 41.3 Å². The summed E-state index contributed by atoms with van der Waals surface area (Å²) in [7, 11) is 0. The molecule has 0 aliphatic heterocycles. The van der Waals surface area contributed by atoms with Crippen LogP contribution in [0.4, 0.5) is 0 Å². The van der Waals surface area contributed by atoms with Gasteiger partial charge in [-0.25, -0.2) is 0 Å². The molecule has 1 saturated carbocycles. The van der Waals surface area contributed by atoms with Gasteiger partial charge in [-0.15, -0.1) is 5.10 Å². The van der Waals surface area contributed by atoms with E-state index in [0.717, 1.165) is 41.3 Å². The standard InChI is InChI=1S/C23H22ClN5O/c1-15-9-10-21-18(11-15)12-19(22-25-26-27-29(21)22)14-28(23(30)16-6-4-7-16)13-17-5-2-3-8-20(17)24/h2-3,5,8-12,16H,4,6-7,13-14H2,1H3. The van der Waals surface area contributed by atoms with Gasteiger partial charge in [0, 0.05) is 35.0 Å². The molecule has 2 aromatic carbocycles. The van der Waals surface area contributed by atoms with Crippen LogP contribution in [0.1, 0.15) is 36.0 Å². The van der Waals surface area contributed by atoms with Gasteiger partial charge >= 0.3 is 0 Å². The Hall–Kier alpha value is -2.99. The molecule has 0 radical (unpaired) electrons. The fourth-order valence-corrected chi connectivity index (χ4v) is 4.26. The van der Waals surface area contributed by atoms with E-state index in [9.17, 15) is 4.79 Å². The van der Waals surface area contributed by atoms with Gasteiger partial charge in [-0.2, -0.15) is 4.52 Å². The number of aryl methyl sites for hydroxylation is 1. The molecular formula is C23H22ClN5O. The minimum absolute atomic E-state index is 0.0993. The van der Waals surface area contributed by atoms with Crippen LogP contribution in [0.2, 0.25) is 5.02 Å². The van der Waals surface area contributed by atoms with E-state index in [1.165, 1.54) is 5.56 Å². The summed E-state index contributed by atoms with van der Waals surface area (Å²) in [5, 5.41) is 14.0. The molecule has 1 amide bonds. The number of nitrogens with zero attached hydrogens (tertiary/aromatic N) is 5. The van der Waals surface area contributed by atoms with Crippen molar-refractivity contribution in [2.45, 2.75) is 39.3 Å². The van der Waals surface area contributed by atoms with Gasteiger partial charge in [0.1, 0.15) is 0 Å². The smallest absolute Gasteiger partial charge is 0.226 e. The van der Waals surface area contributed by atoms with Crippen LogP contribution in [0.3, 0.4) is 0 Å². The molecule has 1 aliphatic carbocycles. The summed E-state index contributed by atoms with van der Waals surface area (Å²) in [5.74, 6) is 0.276. The van der Waals surface area contributed by atoms with Gasteiger partial charge in [-0.3, -0.25) is 4.79 Å². The third-order valence-corrected chi connectivity index (χ3v) is 6.31. The van der Waals surface area contributed by atoms with Crippen LogP contribution >= 0.6 is 11.6 Å². The van der Waals surface area contributed by atoms with Gasteiger partial charge in [-0.1, -0.05) is 47.9 Å². The van der Waals surface area contributed by atoms with Crippen molar-refractivity contribution in [2.24, 2.45) is 5.92 Å². The molecule has 0 spiro atoms. The second-order valence-corrected chi connectivity index (χ2v) is 8.47. The highest BCUT2D eigenvalue weighted by Gasteiger charge is 2.30. The number of carbonyl (C=O) groups is 1. The first-order chi connectivity index (χ1) is 14.6. The minimum atomic E-state index is 0.0993. The summed E-state index contributed by atoms with van der Waals surface area (Å²) in [5.41, 5.74) is 4.67. The number of hydrogen-bond donors (Lipinski definition) is 0. The highest BCUT2D eigenvalue weighted by atomic mass is 35.5. The number of pyridine rings is 1. The number of rotatable bonds is 5. The average Bonchev–Trinajstić information content (AvgIpc) is 3.17. The molecule has 2 aromatic heterocycles. The molecule has 0 unspecified atom stereocenters. The molecule has 0 bridgehead atoms. The number of benzene rings is 2. The minimum Gasteiger partial charge on any atom is -0.334 e. The number of carbonyl (C=O) groups excluding carboxylic acids is 1. The van der Waals surface area contributed by atoms with E-state index < -0.39 is 0 Å². The number of amides is 1. The molecule has 6 nitrogen and oxygen atoms in total. The maximum absolute atomic E-state index is 13.3. The van der Waals surface area contributed by atoms with Crippen molar-refractivity contribution >= 4 is 34.1 Å². The monoisotopic (exact) mass is 419 g/mol. The van der Waals surface area contributed by atoms with Crippen LogP contribution in [-0.4, -0.2) is 30.8 Å². The lowest BCUT2D eigenvalue weighted by molar-refractivity contribution is -0.139. The number of fused-ring (bicyclic) bond motifs is 3. The van der Waals surface area contributed by atoms with Crippen LogP contribution in [0.15, 0.2) is 48.5 Å². The molecule has 30 heavy (non-hydrogen) atoms. The van der Waals surface area contributed by atoms with E-state index in [-0.39, 0.29) is 11.8 Å². The third-order valence-electron chi connectivity index (χ3n) is 5.94. The summed E-state index contributed by atoms with van der Waals surface area (Å²) in [6.07, 6.45) is 3.03. The fraction of sp³-hybridized carbons (Fsp3) is 0.304. The van der Waals surface area contributed by atoms with Crippen molar-refractivity contribution in [3.63, 3.8) is 0 Å². The SMILES string of the molecule is Cc1ccc2c(c1)cc(CN(Cc1ccccc1Cl)C(=O)C1CCC1)c1nnnn12. The maximum Gasteiger partial charge on any atom is 0.226 e. The number of halogens is 1. The van der Waals surface area contributed by atoms with Crippen molar-refractivity contribution in [2.75, 3.05) is 0 Å². The Balaban J connectivity index is 1.56. The Bertz CT molecular complexity index is 1250. The largest absolute Gasteiger partial charge is 0.334 e. The lowest BCUT2D eigenvalue weighted by Crippen LogP contribution is -2.38. The molecule has 5 rings (SSSR count). The van der Waals surface area contributed by atoms with Crippen LogP contribution < -0.4 is 0 Å². The quantitative estimate of drug-likeness (QED) is 0.475. The molecule has 4 aromatic rings. The number of aromatic nitrogens is 4. The molecule has 1 fully saturated rings. The van der Waals surface area contributed by atoms with Crippen LogP contribution in [-0.2, 0) is 17.9 Å². The van der Waals surface area contributed by atoms with Gasteiger partial charge in [-0.05, 0) is 60.0 Å². The molecule has 0 saturated heterocycles. The lowest BCUT2D eigenvalue weighted by Gasteiger charge is -2.32. The molecule has 152 valence electrons. The zero-order valence-electron chi connectivity index (χ0n) is 16.8. The first-order valence-corrected chi connectivity index (χ1v) is 10.6. The van der Waals surface area contributed by atoms with Gasteiger partial charge in [0.2, 0.25) is 5.91 Å². The van der Waals surface area contributed by atoms with Gasteiger partial charge in [0.05, 0.1) is 5.52 Å². The van der Waals surface area contributed by atoms with Crippen LogP contribution in [0.5, 0.6) is 0 Å². The van der Waals surface area contributed by atoms with Gasteiger partial charge in [0.15, 0.2) is 5.65 Å². The van der Waals surface area contributed by atoms with E-state index in [4.69, 9.17) is 11.6 Å². The molecule has 0 N–H and O–H groups in total. The lowest BCUT2D eigenvalue weighted by atomic mass is 9.84. The first-order valence-electron chi connectivity index (χ1n) is 10.2. The van der Waals surface area contributed by atoms with Crippen molar-refractivity contribution in [3.05, 3.63) is 70.2 Å². The van der Waals surface area contributed by atoms with Crippen LogP contribution in [0, 0.1) is 12.8 Å². The third kappa shape index (κ3) is 3.41. The predicted molar refractivity (Wildman–Crippen MR) is 116 cm³/mol. The summed E-state index contributed by atoms with van der Waals surface area (Å²) < 4.78 is 1.76. The zero-order chi connectivity index (χ0) is 20.7. The highest BCUT2D eigenvalue weighted by molar-refractivity contribution is 6.31. The van der Waals surface area contributed by atoms with Crippen molar-refractivity contribution in [3.8, 4) is 0 Å². The molecule has 7 heteroatoms. The Labute approximate surface area is 179 Å². The molecule has 0 atom stereocenters. The Morgan fingerprint density at radius 2 is 1.93 bits per heavy atom. The Kier molecular flexibility index (Phi) is 4.87. The summed E-state index contributed by atoms with van der Waals surface area (Å²) in [4.78, 5) is 15.2. The topological polar surface area (TPSA) is 63.4 Å². The highest BCUT2D eigenvalue weighted by Crippen LogP contribution is 2.31. The second-order valence-electron chi connectivity index (χ2n) is 8.06. The van der Waals surface area contributed by atoms with Crippen molar-refractivity contribution in [1.29, 1.82) is 0 Å². The van der Waals surface area contributed by atoms with Gasteiger partial charge in [0.25, 0.3) is 0 Å². The van der Waals surface area contributed by atoms with Crippen LogP contribution in [0.25, 0.3) is 16.6 Å². The molecular weight excluding hydrogens is 398 g/mol. The molecule has 1 aliphatic rings. The summed E-state index contributed by atoms with van der Waals surface area (Å²) >= 11 is 6.40. The second kappa shape index (κ2) is 7.69. The average molecular weight is 420 g/mol. The first kappa shape index (κ1) is 19.0. The normalized spacial score (nSPS) is 14.2. The van der Waals surface area contributed by atoms with E-state index in [2.05, 4.69) is 34.6 Å². The Morgan fingerprint density at radius 3 is 2.70 bits per heavy atom. The van der Waals surface area contributed by atoms with E-state index in [1.54, 1.807) is 4.52 Å². The zero-order valence-corrected chi connectivity index (χ0v) is 17.5. The number of tetrazole rings is 1. The summed E-state index contributed by atoms with van der Waals surface area (Å²) in [6.45, 7) is 2.97. The maximum atomic E-state index is 13.3. The van der Waals surface area contributed by atoms with Gasteiger partial charge < -0.3 is 4.90 Å². The predicted octanol–water partition coefficient (Wildman–Crippen LogP) is 4.57. The molecule has 2 heterocycles. The Morgan fingerprint density at radius 1 is 1.13 bits per heavy atom. The van der Waals surface area contributed by atoms with Crippen molar-refractivity contribution < 1.29 is 4.79 Å². The number of hydrogen-bond acceptors (Lipinski definition) is 4. The van der Waals surface area contributed by atoms with Crippen molar-refractivity contribution in [1.82, 2.24) is 24.9 Å². The van der Waals surface area contributed by atoms with E-state index in [0.29, 0.717) is 23.8 Å². The fourth-order valence-electron chi connectivity index (χ4n) is 4.06. The summed E-state index contributed by atoms with van der Waals surface area (Å²) in [6, 6.07) is 16.0. The van der Waals surface area contributed by atoms with E-state index >= 15 is 0 Å².